The Kier molecular flexibility index (Phi) is 5.02. The van der Waals surface area contributed by atoms with Crippen LogP contribution < -0.4 is 10.6 Å². The zero-order valence-corrected chi connectivity index (χ0v) is 13.5. The van der Waals surface area contributed by atoms with Crippen molar-refractivity contribution >= 4 is 17.6 Å². The maximum absolute atomic E-state index is 11.8. The summed E-state index contributed by atoms with van der Waals surface area (Å²) in [5.74, 6) is 0.596. The highest BCUT2D eigenvalue weighted by Crippen LogP contribution is 2.23. The summed E-state index contributed by atoms with van der Waals surface area (Å²) in [6.07, 6.45) is 3.32. The van der Waals surface area contributed by atoms with Gasteiger partial charge in [-0.2, -0.15) is 0 Å². The van der Waals surface area contributed by atoms with Crippen molar-refractivity contribution < 1.29 is 14.5 Å². The normalized spacial score (nSPS) is 20.8. The van der Waals surface area contributed by atoms with Gasteiger partial charge in [0.25, 0.3) is 5.69 Å². The largest absolute Gasteiger partial charge is 0.444 e. The Balaban J connectivity index is 1.81. The number of amides is 1. The number of aromatic nitrogens is 1. The Morgan fingerprint density at radius 1 is 1.35 bits per heavy atom. The number of hydrogen-bond donors (Lipinski definition) is 2. The number of nitrogens with one attached hydrogen (secondary N) is 2. The fourth-order valence-electron chi connectivity index (χ4n) is 2.51. The summed E-state index contributed by atoms with van der Waals surface area (Å²) in [4.78, 5) is 25.9. The molecule has 8 heteroatoms. The molecule has 8 nitrogen and oxygen atoms in total. The van der Waals surface area contributed by atoms with Crippen LogP contribution in [0, 0.1) is 10.1 Å². The van der Waals surface area contributed by atoms with Crippen molar-refractivity contribution in [2.75, 3.05) is 5.32 Å². The van der Waals surface area contributed by atoms with Gasteiger partial charge in [-0.3, -0.25) is 10.1 Å². The highest BCUT2D eigenvalue weighted by atomic mass is 16.6. The number of nitrogens with zero attached hydrogens (tertiary/aromatic N) is 2. The van der Waals surface area contributed by atoms with E-state index in [1.165, 1.54) is 12.3 Å². The van der Waals surface area contributed by atoms with E-state index in [1.54, 1.807) is 6.07 Å². The fourth-order valence-corrected chi connectivity index (χ4v) is 2.51. The molecule has 1 heterocycles. The first-order chi connectivity index (χ1) is 10.7. The van der Waals surface area contributed by atoms with Crippen LogP contribution in [0.5, 0.6) is 0 Å². The molecule has 1 fully saturated rings. The van der Waals surface area contributed by atoms with Crippen molar-refractivity contribution in [2.45, 2.75) is 57.7 Å². The molecule has 0 spiro atoms. The van der Waals surface area contributed by atoms with Crippen LogP contribution in [-0.2, 0) is 4.74 Å². The molecule has 23 heavy (non-hydrogen) atoms. The SMILES string of the molecule is CC(C)(C)OC(=O)N[C@H]1CC[C@H](Nc2ccc([N+](=O)[O-])cn2)C1. The monoisotopic (exact) mass is 322 g/mol. The molecule has 1 aliphatic rings. The summed E-state index contributed by atoms with van der Waals surface area (Å²) in [6.45, 7) is 5.48. The molecular formula is C15H22N4O4. The van der Waals surface area contributed by atoms with Crippen molar-refractivity contribution in [1.29, 1.82) is 0 Å². The highest BCUT2D eigenvalue weighted by molar-refractivity contribution is 5.68. The van der Waals surface area contributed by atoms with Gasteiger partial charge in [0.1, 0.15) is 17.6 Å². The summed E-state index contributed by atoms with van der Waals surface area (Å²) < 4.78 is 5.24. The number of hydrogen-bond acceptors (Lipinski definition) is 6. The predicted molar refractivity (Wildman–Crippen MR) is 85.3 cm³/mol. The summed E-state index contributed by atoms with van der Waals surface area (Å²) >= 11 is 0. The lowest BCUT2D eigenvalue weighted by atomic mass is 10.2. The Morgan fingerprint density at radius 2 is 2.04 bits per heavy atom. The number of carbonyl (C=O) groups excluding carboxylic acids is 1. The first kappa shape index (κ1) is 17.0. The third-order valence-electron chi connectivity index (χ3n) is 3.46. The van der Waals surface area contributed by atoms with Crippen molar-refractivity contribution in [3.05, 3.63) is 28.4 Å². The van der Waals surface area contributed by atoms with Crippen molar-refractivity contribution in [2.24, 2.45) is 0 Å². The van der Waals surface area contributed by atoms with Gasteiger partial charge in [-0.25, -0.2) is 9.78 Å². The van der Waals surface area contributed by atoms with E-state index in [2.05, 4.69) is 15.6 Å². The van der Waals surface area contributed by atoms with Gasteiger partial charge in [0.15, 0.2) is 0 Å². The maximum Gasteiger partial charge on any atom is 0.407 e. The molecule has 1 aromatic heterocycles. The second-order valence-electron chi connectivity index (χ2n) is 6.66. The predicted octanol–water partition coefficient (Wildman–Crippen LogP) is 2.85. The van der Waals surface area contributed by atoms with Crippen LogP contribution in [0.25, 0.3) is 0 Å². The third-order valence-corrected chi connectivity index (χ3v) is 3.46. The van der Waals surface area contributed by atoms with Gasteiger partial charge in [-0.15, -0.1) is 0 Å². The van der Waals surface area contributed by atoms with Crippen molar-refractivity contribution in [3.8, 4) is 0 Å². The molecule has 0 aromatic carbocycles. The smallest absolute Gasteiger partial charge is 0.407 e. The van der Waals surface area contributed by atoms with Crippen LogP contribution in [0.2, 0.25) is 0 Å². The molecule has 1 saturated carbocycles. The van der Waals surface area contributed by atoms with Crippen LogP contribution in [0.15, 0.2) is 18.3 Å². The van der Waals surface area contributed by atoms with Gasteiger partial charge >= 0.3 is 6.09 Å². The standard InChI is InChI=1S/C15H22N4O4/c1-15(2,3)23-14(20)18-11-5-4-10(8-11)17-13-7-6-12(9-16-13)19(21)22/h6-7,9-11H,4-5,8H2,1-3H3,(H,16,17)(H,18,20)/t10-,11-/m0/s1. The molecule has 0 unspecified atom stereocenters. The third kappa shape index (κ3) is 5.39. The van der Waals surface area contributed by atoms with Gasteiger partial charge in [0.2, 0.25) is 0 Å². The topological polar surface area (TPSA) is 106 Å². The number of rotatable bonds is 4. The van der Waals surface area contributed by atoms with E-state index in [0.29, 0.717) is 5.82 Å². The number of ether oxygens (including phenoxy) is 1. The summed E-state index contributed by atoms with van der Waals surface area (Å²) in [7, 11) is 0. The zero-order valence-electron chi connectivity index (χ0n) is 13.5. The van der Waals surface area contributed by atoms with Gasteiger partial charge < -0.3 is 15.4 Å². The molecule has 0 aliphatic heterocycles. The Hall–Kier alpha value is -2.38. The number of nitro groups is 1. The summed E-state index contributed by atoms with van der Waals surface area (Å²) in [5, 5.41) is 16.7. The van der Waals surface area contributed by atoms with Crippen molar-refractivity contribution in [3.63, 3.8) is 0 Å². The summed E-state index contributed by atoms with van der Waals surface area (Å²) in [5.41, 5.74) is -0.547. The van der Waals surface area contributed by atoms with E-state index in [0.717, 1.165) is 19.3 Å². The number of pyridine rings is 1. The van der Waals surface area contributed by atoms with Crippen molar-refractivity contribution in [1.82, 2.24) is 10.3 Å². The molecule has 0 bridgehead atoms. The second kappa shape index (κ2) is 6.80. The van der Waals surface area contributed by atoms with Gasteiger partial charge in [-0.1, -0.05) is 0 Å². The molecule has 0 saturated heterocycles. The molecule has 2 rings (SSSR count). The summed E-state index contributed by atoms with van der Waals surface area (Å²) in [6, 6.07) is 3.23. The minimum Gasteiger partial charge on any atom is -0.444 e. The molecule has 0 radical (unpaired) electrons. The Bertz CT molecular complexity index is 568. The lowest BCUT2D eigenvalue weighted by Gasteiger charge is -2.21. The van der Waals surface area contributed by atoms with E-state index in [1.807, 2.05) is 20.8 Å². The number of anilines is 1. The van der Waals surface area contributed by atoms with Crippen LogP contribution in [-0.4, -0.2) is 33.7 Å². The maximum atomic E-state index is 11.8. The number of alkyl carbamates (subject to hydrolysis) is 1. The average Bonchev–Trinajstić information content (AvgIpc) is 2.84. The molecule has 2 atom stereocenters. The molecule has 1 amide bonds. The lowest BCUT2D eigenvalue weighted by Crippen LogP contribution is -2.38. The molecule has 1 aromatic rings. The minimum atomic E-state index is -0.511. The van der Waals surface area contributed by atoms with E-state index < -0.39 is 16.6 Å². The fraction of sp³-hybridized carbons (Fsp3) is 0.600. The first-order valence-corrected chi connectivity index (χ1v) is 7.59. The highest BCUT2D eigenvalue weighted by Gasteiger charge is 2.27. The second-order valence-corrected chi connectivity index (χ2v) is 6.66. The van der Waals surface area contributed by atoms with Gasteiger partial charge in [0.05, 0.1) is 4.92 Å². The van der Waals surface area contributed by atoms with Crippen LogP contribution >= 0.6 is 0 Å². The van der Waals surface area contributed by atoms with Crippen LogP contribution in [0.1, 0.15) is 40.0 Å². The Morgan fingerprint density at radius 3 is 2.61 bits per heavy atom. The van der Waals surface area contributed by atoms with Crippen LogP contribution in [0.3, 0.4) is 0 Å². The quantitative estimate of drug-likeness (QED) is 0.652. The van der Waals surface area contributed by atoms with E-state index in [-0.39, 0.29) is 17.8 Å². The van der Waals surface area contributed by atoms with E-state index >= 15 is 0 Å². The first-order valence-electron chi connectivity index (χ1n) is 7.59. The zero-order chi connectivity index (χ0) is 17.0. The van der Waals surface area contributed by atoms with E-state index in [4.69, 9.17) is 4.74 Å². The lowest BCUT2D eigenvalue weighted by molar-refractivity contribution is -0.385. The van der Waals surface area contributed by atoms with E-state index in [9.17, 15) is 14.9 Å². The minimum absolute atomic E-state index is 0.0357. The van der Waals surface area contributed by atoms with Crippen LogP contribution in [0.4, 0.5) is 16.3 Å². The van der Waals surface area contributed by atoms with Gasteiger partial charge in [-0.05, 0) is 46.1 Å². The average molecular weight is 322 g/mol. The van der Waals surface area contributed by atoms with Gasteiger partial charge in [0, 0.05) is 18.2 Å². The molecule has 1 aliphatic carbocycles. The molecular weight excluding hydrogens is 300 g/mol. The molecule has 2 N–H and O–H groups in total. The molecule has 126 valence electrons. The Labute approximate surface area is 134 Å². The number of carbonyl (C=O) groups is 1.